The smallest absolute Gasteiger partial charge is 0.279 e. The number of nitrogens with one attached hydrogen (secondary N) is 1. The van der Waals surface area contributed by atoms with Gasteiger partial charge < -0.3 is 5.11 Å². The van der Waals surface area contributed by atoms with Crippen LogP contribution < -0.4 is 4.72 Å². The fourth-order valence-electron chi connectivity index (χ4n) is 2.96. The van der Waals surface area contributed by atoms with Gasteiger partial charge in [-0.05, 0) is 51.6 Å². The monoisotopic (exact) mass is 305 g/mol. The van der Waals surface area contributed by atoms with E-state index in [0.717, 1.165) is 25.9 Å². The molecule has 1 unspecified atom stereocenters. The maximum Gasteiger partial charge on any atom is 0.279 e. The Labute approximate surface area is 122 Å². The van der Waals surface area contributed by atoms with Crippen molar-refractivity contribution in [2.45, 2.75) is 38.6 Å². The van der Waals surface area contributed by atoms with E-state index in [-0.39, 0.29) is 18.6 Å². The molecular weight excluding hydrogens is 278 g/mol. The molecule has 0 spiro atoms. The van der Waals surface area contributed by atoms with Crippen LogP contribution in [0.25, 0.3) is 0 Å². The maximum atomic E-state index is 12.2. The second kappa shape index (κ2) is 7.17. The van der Waals surface area contributed by atoms with Crippen molar-refractivity contribution in [2.75, 3.05) is 39.3 Å². The normalized spacial score (nSPS) is 25.1. The van der Waals surface area contributed by atoms with Crippen LogP contribution in [-0.2, 0) is 10.2 Å². The van der Waals surface area contributed by atoms with Gasteiger partial charge in [-0.1, -0.05) is 0 Å². The molecule has 0 radical (unpaired) electrons. The van der Waals surface area contributed by atoms with Crippen molar-refractivity contribution in [3.05, 3.63) is 0 Å². The molecule has 2 aliphatic heterocycles. The van der Waals surface area contributed by atoms with Crippen LogP contribution >= 0.6 is 0 Å². The molecule has 2 aliphatic rings. The molecule has 0 amide bonds. The van der Waals surface area contributed by atoms with Crippen LogP contribution in [0.1, 0.15) is 32.6 Å². The summed E-state index contributed by atoms with van der Waals surface area (Å²) in [5.41, 5.74) is 0. The Morgan fingerprint density at radius 2 is 1.80 bits per heavy atom. The maximum absolute atomic E-state index is 12.2. The number of hydrogen-bond acceptors (Lipinski definition) is 4. The first-order chi connectivity index (χ1) is 9.53. The van der Waals surface area contributed by atoms with Crippen molar-refractivity contribution in [3.8, 4) is 0 Å². The molecule has 2 heterocycles. The minimum absolute atomic E-state index is 0.160. The highest BCUT2D eigenvalue weighted by Crippen LogP contribution is 2.18. The molecule has 0 bridgehead atoms. The minimum Gasteiger partial charge on any atom is -0.396 e. The van der Waals surface area contributed by atoms with Crippen molar-refractivity contribution in [1.29, 1.82) is 0 Å². The van der Waals surface area contributed by atoms with Crippen LogP contribution in [0.3, 0.4) is 0 Å². The third-order valence-electron chi connectivity index (χ3n) is 4.50. The zero-order chi connectivity index (χ0) is 14.6. The molecule has 0 aliphatic carbocycles. The highest BCUT2D eigenvalue weighted by molar-refractivity contribution is 7.87. The Balaban J connectivity index is 1.78. The summed E-state index contributed by atoms with van der Waals surface area (Å²) >= 11 is 0. The Bertz CT molecular complexity index is 388. The lowest BCUT2D eigenvalue weighted by Gasteiger charge is -2.31. The molecule has 6 nitrogen and oxygen atoms in total. The van der Waals surface area contributed by atoms with Gasteiger partial charge in [-0.25, -0.2) is 4.72 Å². The van der Waals surface area contributed by atoms with Crippen LogP contribution in [0, 0.1) is 5.92 Å². The van der Waals surface area contributed by atoms with E-state index in [1.165, 1.54) is 17.1 Å². The van der Waals surface area contributed by atoms with Crippen LogP contribution in [0.5, 0.6) is 0 Å². The SMILES string of the molecule is CC(CNS(=O)(=O)N1CCC(CO)CC1)N1CCCC1. The number of likely N-dealkylation sites (tertiary alicyclic amines) is 1. The molecule has 2 fully saturated rings. The Morgan fingerprint density at radius 3 is 2.35 bits per heavy atom. The Morgan fingerprint density at radius 1 is 1.20 bits per heavy atom. The standard InChI is InChI=1S/C13H27N3O3S/c1-12(15-6-2-3-7-15)10-14-20(18,19)16-8-4-13(11-17)5-9-16/h12-14,17H,2-11H2,1H3. The van der Waals surface area contributed by atoms with Crippen molar-refractivity contribution in [1.82, 2.24) is 13.9 Å². The molecule has 2 rings (SSSR count). The summed E-state index contributed by atoms with van der Waals surface area (Å²) in [7, 11) is -3.36. The topological polar surface area (TPSA) is 72.9 Å². The fraction of sp³-hybridized carbons (Fsp3) is 1.00. The molecule has 118 valence electrons. The van der Waals surface area contributed by atoms with E-state index in [9.17, 15) is 8.42 Å². The van der Waals surface area contributed by atoms with Crippen molar-refractivity contribution in [2.24, 2.45) is 5.92 Å². The van der Waals surface area contributed by atoms with E-state index in [4.69, 9.17) is 5.11 Å². The van der Waals surface area contributed by atoms with E-state index in [1.54, 1.807) is 0 Å². The van der Waals surface area contributed by atoms with Gasteiger partial charge in [0, 0.05) is 32.3 Å². The molecule has 0 aromatic rings. The second-order valence-corrected chi connectivity index (χ2v) is 7.73. The van der Waals surface area contributed by atoms with E-state index < -0.39 is 10.2 Å². The van der Waals surface area contributed by atoms with Crippen LogP contribution in [0.2, 0.25) is 0 Å². The highest BCUT2D eigenvalue weighted by Gasteiger charge is 2.28. The number of aliphatic hydroxyl groups is 1. The third kappa shape index (κ3) is 4.14. The minimum atomic E-state index is -3.36. The summed E-state index contributed by atoms with van der Waals surface area (Å²) in [4.78, 5) is 2.33. The zero-order valence-electron chi connectivity index (χ0n) is 12.3. The number of aliphatic hydroxyl groups excluding tert-OH is 1. The summed E-state index contributed by atoms with van der Waals surface area (Å²) in [5, 5.41) is 9.09. The number of piperidine rings is 1. The van der Waals surface area contributed by atoms with Gasteiger partial charge in [0.25, 0.3) is 10.2 Å². The molecule has 1 atom stereocenters. The van der Waals surface area contributed by atoms with E-state index >= 15 is 0 Å². The first-order valence-electron chi connectivity index (χ1n) is 7.62. The summed E-state index contributed by atoms with van der Waals surface area (Å²) in [6, 6.07) is 0.252. The quantitative estimate of drug-likeness (QED) is 0.725. The third-order valence-corrected chi connectivity index (χ3v) is 6.07. The first-order valence-corrected chi connectivity index (χ1v) is 9.06. The van der Waals surface area contributed by atoms with Crippen molar-refractivity contribution >= 4 is 10.2 Å². The predicted octanol–water partition coefficient (Wildman–Crippen LogP) is 0.00940. The zero-order valence-corrected chi connectivity index (χ0v) is 13.1. The van der Waals surface area contributed by atoms with Crippen molar-refractivity contribution in [3.63, 3.8) is 0 Å². The Hall–Kier alpha value is -0.210. The lowest BCUT2D eigenvalue weighted by Crippen LogP contribution is -2.48. The van der Waals surface area contributed by atoms with Crippen molar-refractivity contribution < 1.29 is 13.5 Å². The number of hydrogen-bond donors (Lipinski definition) is 2. The Kier molecular flexibility index (Phi) is 5.80. The summed E-state index contributed by atoms with van der Waals surface area (Å²) in [6.07, 6.45) is 3.93. The van der Waals surface area contributed by atoms with Gasteiger partial charge in [0.05, 0.1) is 0 Å². The number of rotatable bonds is 6. The lowest BCUT2D eigenvalue weighted by atomic mass is 10.00. The number of nitrogens with zero attached hydrogens (tertiary/aromatic N) is 2. The van der Waals surface area contributed by atoms with Gasteiger partial charge in [0.2, 0.25) is 0 Å². The summed E-state index contributed by atoms with van der Waals surface area (Å²) in [5.74, 6) is 0.255. The lowest BCUT2D eigenvalue weighted by molar-refractivity contribution is 0.169. The summed E-state index contributed by atoms with van der Waals surface area (Å²) in [6.45, 7) is 5.88. The fourth-order valence-corrected chi connectivity index (χ4v) is 4.29. The predicted molar refractivity (Wildman–Crippen MR) is 78.6 cm³/mol. The van der Waals surface area contributed by atoms with Crippen LogP contribution in [0.4, 0.5) is 0 Å². The molecule has 0 aromatic heterocycles. The molecule has 2 N–H and O–H groups in total. The van der Waals surface area contributed by atoms with Gasteiger partial charge in [-0.15, -0.1) is 0 Å². The van der Waals surface area contributed by atoms with E-state index in [1.807, 2.05) is 0 Å². The van der Waals surface area contributed by atoms with Gasteiger partial charge in [0.15, 0.2) is 0 Å². The molecular formula is C13H27N3O3S. The molecule has 7 heteroatoms. The van der Waals surface area contributed by atoms with Crippen LogP contribution in [-0.4, -0.2) is 68.1 Å². The van der Waals surface area contributed by atoms with E-state index in [2.05, 4.69) is 16.5 Å². The summed E-state index contributed by atoms with van der Waals surface area (Å²) < 4.78 is 28.7. The molecule has 0 saturated carbocycles. The highest BCUT2D eigenvalue weighted by atomic mass is 32.2. The van der Waals surface area contributed by atoms with Gasteiger partial charge in [-0.3, -0.25) is 4.90 Å². The second-order valence-electron chi connectivity index (χ2n) is 5.97. The van der Waals surface area contributed by atoms with Gasteiger partial charge in [-0.2, -0.15) is 12.7 Å². The first kappa shape index (κ1) is 16.2. The van der Waals surface area contributed by atoms with Gasteiger partial charge >= 0.3 is 0 Å². The largest absolute Gasteiger partial charge is 0.396 e. The average Bonchev–Trinajstić information content (AvgIpc) is 2.99. The van der Waals surface area contributed by atoms with E-state index in [0.29, 0.717) is 19.6 Å². The van der Waals surface area contributed by atoms with Crippen LogP contribution in [0.15, 0.2) is 0 Å². The molecule has 20 heavy (non-hydrogen) atoms. The average molecular weight is 305 g/mol. The molecule has 0 aromatic carbocycles. The molecule has 2 saturated heterocycles. The van der Waals surface area contributed by atoms with Gasteiger partial charge in [0.1, 0.15) is 0 Å².